The highest BCUT2D eigenvalue weighted by atomic mass is 16.6. The number of methoxy groups -OCH3 is 1. The third kappa shape index (κ3) is 60.3. The van der Waals surface area contributed by atoms with E-state index in [1.54, 1.807) is 41.7 Å². The first-order chi connectivity index (χ1) is 26.2. The van der Waals surface area contributed by atoms with Gasteiger partial charge in [-0.2, -0.15) is 0 Å². The van der Waals surface area contributed by atoms with Gasteiger partial charge in [0.25, 0.3) is 0 Å². The van der Waals surface area contributed by atoms with Gasteiger partial charge in [-0.3, -0.25) is 0 Å². The Hall–Kier alpha value is -0.560. The van der Waals surface area contributed by atoms with Crippen LogP contribution in [0.15, 0.2) is 0 Å². The molecule has 0 aliphatic carbocycles. The summed E-state index contributed by atoms with van der Waals surface area (Å²) < 4.78 is 48.2. The second-order valence-corrected chi connectivity index (χ2v) is 14.6. The highest BCUT2D eigenvalue weighted by molar-refractivity contribution is 4.53. The molecule has 0 aliphatic rings. The van der Waals surface area contributed by atoms with E-state index >= 15 is 0 Å². The lowest BCUT2D eigenvalue weighted by Crippen LogP contribution is -2.23. The largest absolute Gasteiger partial charge is 0.391 e. The highest BCUT2D eigenvalue weighted by Crippen LogP contribution is 2.03. The molecule has 0 rings (SSSR count). The second kappa shape index (κ2) is 46.1. The maximum absolute atomic E-state index is 9.11. The minimum Gasteiger partial charge on any atom is -0.391 e. The van der Waals surface area contributed by atoms with E-state index in [9.17, 15) is 0 Å². The first-order valence-corrected chi connectivity index (χ1v) is 20.8. The normalized spacial score (nSPS) is 15.8. The van der Waals surface area contributed by atoms with Crippen LogP contribution in [0, 0.1) is 0 Å². The molecule has 0 saturated carbocycles. The minimum absolute atomic E-state index is 0.00772. The van der Waals surface area contributed by atoms with Gasteiger partial charge in [-0.1, -0.05) is 25.7 Å². The van der Waals surface area contributed by atoms with Gasteiger partial charge >= 0.3 is 0 Å². The fourth-order valence-electron chi connectivity index (χ4n) is 4.21. The monoisotopic (exact) mass is 805 g/mol. The van der Waals surface area contributed by atoms with Gasteiger partial charge in [-0.05, 0) is 93.9 Å². The number of rotatable bonds is 38. The van der Waals surface area contributed by atoms with Crippen LogP contribution in [0.2, 0.25) is 0 Å². The van der Waals surface area contributed by atoms with Crippen LogP contribution in [0.1, 0.15) is 120 Å². The number of unbranched alkanes of at least 4 members (excludes halogenated alkanes) is 7. The van der Waals surface area contributed by atoms with Gasteiger partial charge in [-0.15, -0.1) is 0 Å². The van der Waals surface area contributed by atoms with Crippen molar-refractivity contribution in [2.24, 2.45) is 0 Å². The standard InChI is InChI=1S/C17H36O6.2C12H26O4/c1-14(18)10-22-16(3)11-20-8-6-7-9-21-12-17(4)23-13-15(2)19-5;2*1-11(13)9-15-7-5-3-4-6-8-16-10-12(2)14/h14-18H,6-13H2,1-5H3;2*11-14H,3-10H2,1-2H3/t14-,15-,16+,17+;2*11-,12-/m100/s1. The summed E-state index contributed by atoms with van der Waals surface area (Å²) in [5, 5.41) is 44.9. The number of aliphatic hydroxyl groups excluding tert-OH is 5. The topological polar surface area (TPSA) is 184 Å². The molecule has 0 unspecified atom stereocenters. The molecule has 0 radical (unpaired) electrons. The van der Waals surface area contributed by atoms with E-state index < -0.39 is 6.10 Å². The molecule has 0 amide bonds. The van der Waals surface area contributed by atoms with Crippen molar-refractivity contribution in [3.8, 4) is 0 Å². The van der Waals surface area contributed by atoms with E-state index in [1.807, 2.05) is 20.8 Å². The van der Waals surface area contributed by atoms with Crippen molar-refractivity contribution in [2.45, 2.75) is 168 Å². The average molecular weight is 805 g/mol. The van der Waals surface area contributed by atoms with Gasteiger partial charge in [0.2, 0.25) is 0 Å². The molecule has 0 aromatic heterocycles. The fourth-order valence-corrected chi connectivity index (χ4v) is 4.21. The maximum Gasteiger partial charge on any atom is 0.0781 e. The first kappa shape index (κ1) is 58.8. The van der Waals surface area contributed by atoms with Crippen LogP contribution >= 0.6 is 0 Å². The summed E-state index contributed by atoms with van der Waals surface area (Å²) in [6.45, 7) is 22.6. The smallest absolute Gasteiger partial charge is 0.0781 e. The molecule has 0 aromatic rings. The van der Waals surface area contributed by atoms with Gasteiger partial charge < -0.3 is 68.2 Å². The van der Waals surface area contributed by atoms with Crippen molar-refractivity contribution in [2.75, 3.05) is 99.6 Å². The molecule has 14 nitrogen and oxygen atoms in total. The summed E-state index contributed by atoms with van der Waals surface area (Å²) in [4.78, 5) is 0. The lowest BCUT2D eigenvalue weighted by atomic mass is 10.2. The molecule has 0 spiro atoms. The van der Waals surface area contributed by atoms with Crippen molar-refractivity contribution in [3.63, 3.8) is 0 Å². The van der Waals surface area contributed by atoms with Gasteiger partial charge in [-0.25, -0.2) is 0 Å². The Labute approximate surface area is 335 Å². The lowest BCUT2D eigenvalue weighted by molar-refractivity contribution is -0.0487. The van der Waals surface area contributed by atoms with E-state index in [4.69, 9.17) is 68.2 Å². The Morgan fingerprint density at radius 3 is 0.782 bits per heavy atom. The number of ether oxygens (including phenoxy) is 9. The van der Waals surface area contributed by atoms with Gasteiger partial charge in [0, 0.05) is 46.8 Å². The summed E-state index contributed by atoms with van der Waals surface area (Å²) in [6.07, 6.45) is 8.84. The van der Waals surface area contributed by atoms with E-state index in [-0.39, 0.29) is 42.7 Å². The predicted molar refractivity (Wildman–Crippen MR) is 217 cm³/mol. The van der Waals surface area contributed by atoms with Crippen molar-refractivity contribution in [1.82, 2.24) is 0 Å². The Morgan fingerprint density at radius 2 is 0.527 bits per heavy atom. The van der Waals surface area contributed by atoms with Crippen LogP contribution in [0.5, 0.6) is 0 Å². The average Bonchev–Trinajstić information content (AvgIpc) is 3.12. The Kier molecular flexibility index (Phi) is 49.3. The molecule has 0 bridgehead atoms. The van der Waals surface area contributed by atoms with E-state index in [2.05, 4.69) is 0 Å². The van der Waals surface area contributed by atoms with Gasteiger partial charge in [0.05, 0.1) is 102 Å². The zero-order valence-electron chi connectivity index (χ0n) is 36.5. The highest BCUT2D eigenvalue weighted by Gasteiger charge is 2.07. The van der Waals surface area contributed by atoms with Gasteiger partial charge in [0.1, 0.15) is 0 Å². The summed E-state index contributed by atoms with van der Waals surface area (Å²) in [5.41, 5.74) is 0. The molecular weight excluding hydrogens is 716 g/mol. The summed E-state index contributed by atoms with van der Waals surface area (Å²) in [7, 11) is 1.68. The third-order valence-electron chi connectivity index (χ3n) is 7.26. The van der Waals surface area contributed by atoms with Crippen LogP contribution in [-0.2, 0) is 42.6 Å². The fraction of sp³-hybridized carbons (Fsp3) is 1.00. The molecule has 0 fully saturated rings. The molecule has 0 aliphatic heterocycles. The molecule has 55 heavy (non-hydrogen) atoms. The zero-order valence-corrected chi connectivity index (χ0v) is 36.5. The zero-order chi connectivity index (χ0) is 42.0. The van der Waals surface area contributed by atoms with Crippen molar-refractivity contribution < 1.29 is 68.2 Å². The molecule has 336 valence electrons. The second-order valence-electron chi connectivity index (χ2n) is 14.6. The van der Waals surface area contributed by atoms with Crippen molar-refractivity contribution in [1.29, 1.82) is 0 Å². The Balaban J connectivity index is -0.000000757. The van der Waals surface area contributed by atoms with E-state index in [0.29, 0.717) is 66.1 Å². The summed E-state index contributed by atoms with van der Waals surface area (Å²) in [6, 6.07) is 0. The summed E-state index contributed by atoms with van der Waals surface area (Å²) >= 11 is 0. The van der Waals surface area contributed by atoms with E-state index in [0.717, 1.165) is 90.6 Å². The number of hydrogen-bond acceptors (Lipinski definition) is 14. The Morgan fingerprint density at radius 1 is 0.291 bits per heavy atom. The third-order valence-corrected chi connectivity index (χ3v) is 7.26. The van der Waals surface area contributed by atoms with Crippen LogP contribution in [0.25, 0.3) is 0 Å². The molecular formula is C41H88O14. The summed E-state index contributed by atoms with van der Waals surface area (Å²) in [5.74, 6) is 0. The quantitative estimate of drug-likeness (QED) is 0.0541. The first-order valence-electron chi connectivity index (χ1n) is 20.8. The van der Waals surface area contributed by atoms with Crippen molar-refractivity contribution in [3.05, 3.63) is 0 Å². The predicted octanol–water partition coefficient (Wildman–Crippen LogP) is 4.71. The van der Waals surface area contributed by atoms with Crippen LogP contribution in [0.3, 0.4) is 0 Å². The lowest BCUT2D eigenvalue weighted by Gasteiger charge is -2.16. The van der Waals surface area contributed by atoms with Crippen LogP contribution in [-0.4, -0.2) is 174 Å². The minimum atomic E-state index is -0.432. The molecule has 14 heteroatoms. The maximum atomic E-state index is 9.11. The molecule has 8 atom stereocenters. The molecule has 0 saturated heterocycles. The van der Waals surface area contributed by atoms with E-state index in [1.165, 1.54) is 0 Å². The van der Waals surface area contributed by atoms with Gasteiger partial charge in [0.15, 0.2) is 0 Å². The SMILES string of the molecule is CO[C@H](C)CO[C@@H](C)COCCCCOC[C@H](C)OC[C@@H](C)O.C[C@H](O)COCCCCCCOC[C@H](C)O.C[C@H](O)COCCCCCCOC[C@H](C)O. The van der Waals surface area contributed by atoms with Crippen LogP contribution in [0.4, 0.5) is 0 Å². The molecule has 5 N–H and O–H groups in total. The number of hydrogen-bond donors (Lipinski definition) is 5. The molecule has 0 aromatic carbocycles. The number of aliphatic hydroxyl groups is 5. The Bertz CT molecular complexity index is 636. The molecule has 0 heterocycles. The van der Waals surface area contributed by atoms with Crippen molar-refractivity contribution >= 4 is 0 Å². The van der Waals surface area contributed by atoms with Crippen LogP contribution < -0.4 is 0 Å².